The van der Waals surface area contributed by atoms with Gasteiger partial charge in [-0.3, -0.25) is 19.6 Å². The zero-order valence-electron chi connectivity index (χ0n) is 11.4. The van der Waals surface area contributed by atoms with Crippen LogP contribution in [0.25, 0.3) is 0 Å². The summed E-state index contributed by atoms with van der Waals surface area (Å²) in [7, 11) is 3.28. The van der Waals surface area contributed by atoms with E-state index in [4.69, 9.17) is 0 Å². The highest BCUT2D eigenvalue weighted by molar-refractivity contribution is 5.99. The lowest BCUT2D eigenvalue weighted by Gasteiger charge is -2.07. The number of aromatic nitrogens is 4. The second kappa shape index (κ2) is 5.94. The highest BCUT2D eigenvalue weighted by Gasteiger charge is 2.17. The topological polar surface area (TPSA) is 128 Å². The van der Waals surface area contributed by atoms with Crippen molar-refractivity contribution in [2.45, 2.75) is 6.54 Å². The molecule has 21 heavy (non-hydrogen) atoms. The zero-order valence-corrected chi connectivity index (χ0v) is 11.4. The van der Waals surface area contributed by atoms with Crippen LogP contribution in [0.15, 0.2) is 18.6 Å². The molecule has 0 saturated heterocycles. The molecule has 0 saturated carbocycles. The number of carbonyl (C=O) groups is 1. The third kappa shape index (κ3) is 3.29. The van der Waals surface area contributed by atoms with Crippen LogP contribution in [0.2, 0.25) is 0 Å². The van der Waals surface area contributed by atoms with Crippen molar-refractivity contribution < 1.29 is 9.72 Å². The fraction of sp³-hybridized carbons (Fsp3) is 0.273. The lowest BCUT2D eigenvalue weighted by molar-refractivity contribution is -0.385. The lowest BCUT2D eigenvalue weighted by atomic mass is 10.2. The average Bonchev–Trinajstić information content (AvgIpc) is 2.89. The Morgan fingerprint density at radius 3 is 2.81 bits per heavy atom. The number of nitrogens with zero attached hydrogens (tertiary/aromatic N) is 5. The summed E-state index contributed by atoms with van der Waals surface area (Å²) in [6.45, 7) is 0.117. The number of nitro groups is 1. The van der Waals surface area contributed by atoms with Crippen LogP contribution in [0.1, 0.15) is 16.2 Å². The first kappa shape index (κ1) is 14.4. The molecule has 0 radical (unpaired) electrons. The summed E-state index contributed by atoms with van der Waals surface area (Å²) in [5.41, 5.74) is -0.169. The molecule has 10 heteroatoms. The highest BCUT2D eigenvalue weighted by Crippen LogP contribution is 2.18. The summed E-state index contributed by atoms with van der Waals surface area (Å²) in [5, 5.41) is 20.1. The van der Waals surface area contributed by atoms with Crippen LogP contribution >= 0.6 is 0 Å². The average molecular weight is 291 g/mol. The molecule has 0 spiro atoms. The fourth-order valence-electron chi connectivity index (χ4n) is 1.65. The van der Waals surface area contributed by atoms with Gasteiger partial charge in [0.25, 0.3) is 11.6 Å². The number of aryl methyl sites for hydroxylation is 1. The molecule has 2 rings (SSSR count). The Morgan fingerprint density at radius 1 is 1.48 bits per heavy atom. The highest BCUT2D eigenvalue weighted by atomic mass is 16.6. The van der Waals surface area contributed by atoms with E-state index in [9.17, 15) is 14.9 Å². The van der Waals surface area contributed by atoms with E-state index in [1.54, 1.807) is 14.1 Å². The van der Waals surface area contributed by atoms with Crippen molar-refractivity contribution in [3.8, 4) is 0 Å². The number of rotatable bonds is 5. The first-order valence-corrected chi connectivity index (χ1v) is 5.96. The number of hydrogen-bond acceptors (Lipinski definition) is 7. The van der Waals surface area contributed by atoms with Crippen LogP contribution < -0.4 is 10.6 Å². The molecule has 1 amide bonds. The van der Waals surface area contributed by atoms with Gasteiger partial charge >= 0.3 is 0 Å². The Kier molecular flexibility index (Phi) is 4.07. The summed E-state index contributed by atoms with van der Waals surface area (Å²) in [6, 6.07) is 1.17. The number of pyridine rings is 1. The molecule has 10 nitrogen and oxygen atoms in total. The van der Waals surface area contributed by atoms with Crippen LogP contribution in [-0.2, 0) is 13.6 Å². The standard InChI is InChI=1S/C11H13N7O3/c1-12-10-8(3-7(4-13-10)18(20)21)11(19)14-5-9-15-6-17(2)16-9/h3-4,6H,5H2,1-2H3,(H,12,13)(H,14,19). The number of anilines is 1. The van der Waals surface area contributed by atoms with Crippen LogP contribution in [0, 0.1) is 10.1 Å². The monoisotopic (exact) mass is 291 g/mol. The van der Waals surface area contributed by atoms with E-state index in [1.807, 2.05) is 0 Å². The number of amides is 1. The second-order valence-corrected chi connectivity index (χ2v) is 4.11. The maximum absolute atomic E-state index is 12.1. The Balaban J connectivity index is 2.17. The van der Waals surface area contributed by atoms with Gasteiger partial charge in [-0.25, -0.2) is 9.97 Å². The molecule has 0 fully saturated rings. The Hall–Kier alpha value is -3.04. The molecule has 0 aromatic carbocycles. The molecule has 0 aliphatic carbocycles. The number of hydrogen-bond donors (Lipinski definition) is 2. The summed E-state index contributed by atoms with van der Waals surface area (Å²) < 4.78 is 1.51. The van der Waals surface area contributed by atoms with E-state index < -0.39 is 10.8 Å². The van der Waals surface area contributed by atoms with E-state index in [0.717, 1.165) is 6.20 Å². The van der Waals surface area contributed by atoms with Gasteiger partial charge in [0.2, 0.25) is 0 Å². The SMILES string of the molecule is CNc1ncc([N+](=O)[O-])cc1C(=O)NCc1ncn(C)n1. The van der Waals surface area contributed by atoms with Crippen molar-refractivity contribution in [2.24, 2.45) is 7.05 Å². The van der Waals surface area contributed by atoms with E-state index in [2.05, 4.69) is 25.7 Å². The lowest BCUT2D eigenvalue weighted by Crippen LogP contribution is -2.25. The molecule has 0 aliphatic heterocycles. The van der Waals surface area contributed by atoms with Gasteiger partial charge in [0.1, 0.15) is 18.3 Å². The summed E-state index contributed by atoms with van der Waals surface area (Å²) in [5.74, 6) is 0.199. The van der Waals surface area contributed by atoms with Gasteiger partial charge in [-0.15, -0.1) is 0 Å². The van der Waals surface area contributed by atoms with Crippen LogP contribution in [-0.4, -0.2) is 37.6 Å². The molecule has 0 unspecified atom stereocenters. The van der Waals surface area contributed by atoms with Gasteiger partial charge in [-0.2, -0.15) is 5.10 Å². The van der Waals surface area contributed by atoms with Gasteiger partial charge in [0.05, 0.1) is 17.0 Å². The van der Waals surface area contributed by atoms with Crippen LogP contribution in [0.4, 0.5) is 11.5 Å². The molecule has 2 aromatic rings. The summed E-state index contributed by atoms with van der Waals surface area (Å²) >= 11 is 0. The van der Waals surface area contributed by atoms with Gasteiger partial charge in [-0.1, -0.05) is 0 Å². The predicted molar refractivity (Wildman–Crippen MR) is 72.6 cm³/mol. The summed E-state index contributed by atoms with van der Waals surface area (Å²) in [4.78, 5) is 30.1. The van der Waals surface area contributed by atoms with Crippen molar-refractivity contribution >= 4 is 17.4 Å². The minimum Gasteiger partial charge on any atom is -0.372 e. The Bertz CT molecular complexity index is 682. The molecule has 0 bridgehead atoms. The normalized spacial score (nSPS) is 10.2. The first-order chi connectivity index (χ1) is 10.0. The first-order valence-electron chi connectivity index (χ1n) is 5.96. The molecular formula is C11H13N7O3. The van der Waals surface area contributed by atoms with Gasteiger partial charge < -0.3 is 10.6 Å². The zero-order chi connectivity index (χ0) is 15.4. The van der Waals surface area contributed by atoms with Crippen LogP contribution in [0.3, 0.4) is 0 Å². The van der Waals surface area contributed by atoms with Crippen molar-refractivity contribution in [3.63, 3.8) is 0 Å². The molecule has 2 N–H and O–H groups in total. The van der Waals surface area contributed by atoms with Crippen molar-refractivity contribution in [2.75, 3.05) is 12.4 Å². The smallest absolute Gasteiger partial charge is 0.288 e. The molecule has 0 atom stereocenters. The van der Waals surface area contributed by atoms with Gasteiger partial charge in [-0.05, 0) is 0 Å². The predicted octanol–water partition coefficient (Wildman–Crippen LogP) is 0.0900. The molecule has 0 aliphatic rings. The maximum atomic E-state index is 12.1. The molecule has 110 valence electrons. The van der Waals surface area contributed by atoms with Gasteiger partial charge in [0.15, 0.2) is 5.82 Å². The molecule has 2 aromatic heterocycles. The van der Waals surface area contributed by atoms with E-state index in [1.165, 1.54) is 17.1 Å². The third-order valence-corrected chi connectivity index (χ3v) is 2.62. The Morgan fingerprint density at radius 2 is 2.24 bits per heavy atom. The van der Waals surface area contributed by atoms with E-state index >= 15 is 0 Å². The van der Waals surface area contributed by atoms with E-state index in [-0.39, 0.29) is 23.6 Å². The largest absolute Gasteiger partial charge is 0.372 e. The third-order valence-electron chi connectivity index (χ3n) is 2.62. The number of carbonyl (C=O) groups excluding carboxylic acids is 1. The van der Waals surface area contributed by atoms with E-state index in [0.29, 0.717) is 5.82 Å². The van der Waals surface area contributed by atoms with Gasteiger partial charge in [0, 0.05) is 20.2 Å². The quantitative estimate of drug-likeness (QED) is 0.590. The van der Waals surface area contributed by atoms with Crippen molar-refractivity contribution in [3.05, 3.63) is 40.1 Å². The fourth-order valence-corrected chi connectivity index (χ4v) is 1.65. The van der Waals surface area contributed by atoms with Crippen molar-refractivity contribution in [1.29, 1.82) is 0 Å². The number of nitrogens with one attached hydrogen (secondary N) is 2. The minimum absolute atomic E-state index is 0.0858. The summed E-state index contributed by atoms with van der Waals surface area (Å²) in [6.07, 6.45) is 2.60. The van der Waals surface area contributed by atoms with Crippen molar-refractivity contribution in [1.82, 2.24) is 25.1 Å². The molecular weight excluding hydrogens is 278 g/mol. The minimum atomic E-state index is -0.608. The second-order valence-electron chi connectivity index (χ2n) is 4.11. The maximum Gasteiger partial charge on any atom is 0.288 e. The Labute approximate surface area is 119 Å². The molecule has 2 heterocycles. The van der Waals surface area contributed by atoms with Crippen LogP contribution in [0.5, 0.6) is 0 Å².